The summed E-state index contributed by atoms with van der Waals surface area (Å²) in [6.45, 7) is -0.622. The predicted octanol–water partition coefficient (Wildman–Crippen LogP) is 1.43. The van der Waals surface area contributed by atoms with E-state index >= 15 is 0 Å². The van der Waals surface area contributed by atoms with Crippen LogP contribution in [-0.2, 0) is 6.54 Å². The van der Waals surface area contributed by atoms with Crippen LogP contribution in [-0.4, -0.2) is 32.1 Å². The molecule has 0 aliphatic rings. The van der Waals surface area contributed by atoms with Gasteiger partial charge in [-0.25, -0.2) is 32.0 Å². The molecular weight excluding hydrogens is 317 g/mol. The molecule has 0 bridgehead atoms. The first-order valence-electron chi connectivity index (χ1n) is 6.27. The van der Waals surface area contributed by atoms with Crippen LogP contribution in [0.3, 0.4) is 0 Å². The number of aromatic nitrogens is 3. The molecule has 0 unspecified atom stereocenters. The molecule has 0 saturated heterocycles. The summed E-state index contributed by atoms with van der Waals surface area (Å²) in [5.74, 6) is -2.19. The van der Waals surface area contributed by atoms with Crippen molar-refractivity contribution in [3.8, 4) is 5.69 Å². The zero-order valence-electron chi connectivity index (χ0n) is 11.5. The fourth-order valence-corrected chi connectivity index (χ4v) is 1.77. The van der Waals surface area contributed by atoms with Gasteiger partial charge in [0, 0.05) is 12.6 Å². The third kappa shape index (κ3) is 3.78. The van der Waals surface area contributed by atoms with E-state index in [-0.39, 0.29) is 30.7 Å². The topological polar surface area (TPSA) is 89.2 Å². The summed E-state index contributed by atoms with van der Waals surface area (Å²) in [4.78, 5) is 22.5. The number of hydrogen-bond donors (Lipinski definition) is 2. The van der Waals surface area contributed by atoms with Gasteiger partial charge in [0.05, 0.1) is 18.6 Å². The van der Waals surface area contributed by atoms with Crippen LogP contribution in [0, 0.1) is 11.6 Å². The maximum Gasteiger partial charge on any atom is 0.404 e. The second-order valence-electron chi connectivity index (χ2n) is 4.47. The minimum Gasteiger partial charge on any atom is -0.465 e. The summed E-state index contributed by atoms with van der Waals surface area (Å²) in [5.41, 5.74) is -0.703. The molecule has 1 amide bonds. The summed E-state index contributed by atoms with van der Waals surface area (Å²) in [7, 11) is 0. The quantitative estimate of drug-likeness (QED) is 0.869. The molecule has 0 fully saturated rings. The Morgan fingerprint density at radius 2 is 2.09 bits per heavy atom. The van der Waals surface area contributed by atoms with E-state index in [0.29, 0.717) is 0 Å². The Labute approximate surface area is 127 Å². The van der Waals surface area contributed by atoms with E-state index in [2.05, 4.69) is 5.10 Å². The molecule has 2 aromatic rings. The number of carboxylic acid groups (broad SMARTS) is 1. The molecule has 1 aromatic heterocycles. The van der Waals surface area contributed by atoms with Crippen LogP contribution in [0.1, 0.15) is 0 Å². The zero-order valence-corrected chi connectivity index (χ0v) is 11.5. The fraction of sp³-hybridized carbons (Fsp3) is 0.154. The molecule has 23 heavy (non-hydrogen) atoms. The first kappa shape index (κ1) is 16.3. The van der Waals surface area contributed by atoms with Gasteiger partial charge < -0.3 is 10.4 Å². The average molecular weight is 328 g/mol. The first-order valence-corrected chi connectivity index (χ1v) is 6.27. The van der Waals surface area contributed by atoms with Crippen LogP contribution in [0.5, 0.6) is 0 Å². The number of hydrogen-bond acceptors (Lipinski definition) is 3. The Morgan fingerprint density at radius 3 is 2.70 bits per heavy atom. The van der Waals surface area contributed by atoms with Crippen molar-refractivity contribution in [2.24, 2.45) is 0 Å². The van der Waals surface area contributed by atoms with Gasteiger partial charge in [0.2, 0.25) is 0 Å². The van der Waals surface area contributed by atoms with Crippen LogP contribution in [0.25, 0.3) is 5.69 Å². The Morgan fingerprint density at radius 1 is 1.35 bits per heavy atom. The summed E-state index contributed by atoms with van der Waals surface area (Å²) in [5, 5.41) is 14.1. The SMILES string of the molecule is O=C(O)NC/C(=C\F)Cn1ncn(-c2ccc(F)c(F)c2)c1=O. The number of halogens is 3. The molecule has 0 aliphatic carbocycles. The zero-order chi connectivity index (χ0) is 17.0. The van der Waals surface area contributed by atoms with E-state index in [0.717, 1.165) is 27.7 Å². The van der Waals surface area contributed by atoms with Crippen molar-refractivity contribution in [2.45, 2.75) is 6.54 Å². The number of carbonyl (C=O) groups is 1. The van der Waals surface area contributed by atoms with Gasteiger partial charge in [-0.05, 0) is 17.7 Å². The molecule has 0 aliphatic heterocycles. The van der Waals surface area contributed by atoms with E-state index in [1.165, 1.54) is 6.07 Å². The minimum atomic E-state index is -1.34. The molecule has 2 N–H and O–H groups in total. The minimum absolute atomic E-state index is 0.0370. The first-order chi connectivity index (χ1) is 10.9. The van der Waals surface area contributed by atoms with E-state index in [9.17, 15) is 22.8 Å². The fourth-order valence-electron chi connectivity index (χ4n) is 1.77. The van der Waals surface area contributed by atoms with Crippen LogP contribution in [0.2, 0.25) is 0 Å². The van der Waals surface area contributed by atoms with Gasteiger partial charge in [0.25, 0.3) is 0 Å². The van der Waals surface area contributed by atoms with Crippen molar-refractivity contribution in [3.63, 3.8) is 0 Å². The highest BCUT2D eigenvalue weighted by molar-refractivity contribution is 5.64. The molecule has 1 heterocycles. The van der Waals surface area contributed by atoms with Crippen molar-refractivity contribution in [3.05, 3.63) is 58.5 Å². The van der Waals surface area contributed by atoms with E-state index in [4.69, 9.17) is 5.11 Å². The molecule has 0 saturated carbocycles. The maximum absolute atomic E-state index is 13.2. The van der Waals surface area contributed by atoms with E-state index in [1.54, 1.807) is 0 Å². The predicted molar refractivity (Wildman–Crippen MR) is 73.0 cm³/mol. The van der Waals surface area contributed by atoms with Gasteiger partial charge in [-0.3, -0.25) is 0 Å². The monoisotopic (exact) mass is 328 g/mol. The summed E-state index contributed by atoms with van der Waals surface area (Å²) < 4.78 is 40.6. The number of amides is 1. The third-order valence-corrected chi connectivity index (χ3v) is 2.89. The van der Waals surface area contributed by atoms with Crippen molar-refractivity contribution in [2.75, 3.05) is 6.54 Å². The average Bonchev–Trinajstić information content (AvgIpc) is 2.87. The van der Waals surface area contributed by atoms with E-state index in [1.807, 2.05) is 5.32 Å². The smallest absolute Gasteiger partial charge is 0.404 e. The summed E-state index contributed by atoms with van der Waals surface area (Å²) >= 11 is 0. The normalized spacial score (nSPS) is 11.5. The van der Waals surface area contributed by atoms with Crippen molar-refractivity contribution < 1.29 is 23.1 Å². The molecule has 0 radical (unpaired) electrons. The number of benzene rings is 1. The Hall–Kier alpha value is -3.04. The van der Waals surface area contributed by atoms with Crippen molar-refractivity contribution >= 4 is 6.09 Å². The number of nitrogens with one attached hydrogen (secondary N) is 1. The highest BCUT2D eigenvalue weighted by Gasteiger charge is 2.11. The van der Waals surface area contributed by atoms with Crippen LogP contribution in [0.4, 0.5) is 18.0 Å². The maximum atomic E-state index is 13.2. The number of rotatable bonds is 5. The van der Waals surface area contributed by atoms with Gasteiger partial charge in [-0.1, -0.05) is 0 Å². The molecule has 1 aromatic carbocycles. The molecular formula is C13H11F3N4O3. The Bertz CT molecular complexity index is 813. The number of nitrogens with zero attached hydrogens (tertiary/aromatic N) is 3. The van der Waals surface area contributed by atoms with Gasteiger partial charge >= 0.3 is 11.8 Å². The van der Waals surface area contributed by atoms with Gasteiger partial charge in [-0.15, -0.1) is 0 Å². The molecule has 122 valence electrons. The van der Waals surface area contributed by atoms with Crippen LogP contribution < -0.4 is 11.0 Å². The second-order valence-corrected chi connectivity index (χ2v) is 4.47. The lowest BCUT2D eigenvalue weighted by Crippen LogP contribution is -2.29. The Kier molecular flexibility index (Phi) is 4.84. The summed E-state index contributed by atoms with van der Waals surface area (Å²) in [6.07, 6.45) is -0.113. The molecule has 7 nitrogen and oxygen atoms in total. The Balaban J connectivity index is 2.23. The standard InChI is InChI=1S/C13H11F3N4O3/c14-4-8(5-17-12(21)22)6-20-13(23)19(7-18-20)9-1-2-10(15)11(16)3-9/h1-4,7,17H,5-6H2,(H,21,22)/b8-4+. The van der Waals surface area contributed by atoms with Crippen LogP contribution >= 0.6 is 0 Å². The van der Waals surface area contributed by atoms with Crippen LogP contribution in [0.15, 0.2) is 41.2 Å². The molecule has 10 heteroatoms. The highest BCUT2D eigenvalue weighted by Crippen LogP contribution is 2.11. The van der Waals surface area contributed by atoms with Gasteiger partial charge in [0.15, 0.2) is 11.6 Å². The largest absolute Gasteiger partial charge is 0.465 e. The lowest BCUT2D eigenvalue weighted by atomic mass is 10.3. The lowest BCUT2D eigenvalue weighted by Gasteiger charge is -2.05. The third-order valence-electron chi connectivity index (χ3n) is 2.89. The summed E-state index contributed by atoms with van der Waals surface area (Å²) in [6, 6.07) is 2.86. The van der Waals surface area contributed by atoms with E-state index < -0.39 is 23.4 Å². The van der Waals surface area contributed by atoms with Crippen molar-refractivity contribution in [1.82, 2.24) is 19.7 Å². The lowest BCUT2D eigenvalue weighted by molar-refractivity contribution is 0.195. The molecule has 2 rings (SSSR count). The van der Waals surface area contributed by atoms with Gasteiger partial charge in [0.1, 0.15) is 6.33 Å². The molecule has 0 atom stereocenters. The highest BCUT2D eigenvalue weighted by atomic mass is 19.2. The van der Waals surface area contributed by atoms with Gasteiger partial charge in [-0.2, -0.15) is 5.10 Å². The second kappa shape index (κ2) is 6.81. The van der Waals surface area contributed by atoms with Crippen molar-refractivity contribution in [1.29, 1.82) is 0 Å². The molecule has 0 spiro atoms.